The fourth-order valence-electron chi connectivity index (χ4n) is 20.3. The van der Waals surface area contributed by atoms with Gasteiger partial charge in [-0.3, -0.25) is 4.79 Å². The summed E-state index contributed by atoms with van der Waals surface area (Å²) in [7, 11) is 0. The van der Waals surface area contributed by atoms with Gasteiger partial charge in [-0.2, -0.15) is 0 Å². The lowest BCUT2D eigenvalue weighted by molar-refractivity contribution is -0.151. The first-order valence-electron chi connectivity index (χ1n) is 41.1. The summed E-state index contributed by atoms with van der Waals surface area (Å²) < 4.78 is 71.7. The normalized spacial score (nSPS) is 46.5. The highest BCUT2D eigenvalue weighted by Gasteiger charge is 2.54. The van der Waals surface area contributed by atoms with Crippen LogP contribution in [0.25, 0.3) is 0 Å². The Morgan fingerprint density at radius 1 is 0.379 bits per heavy atom. The van der Waals surface area contributed by atoms with Crippen molar-refractivity contribution in [3.63, 3.8) is 0 Å². The molecule has 14 heteroatoms. The highest BCUT2D eigenvalue weighted by atomic mass is 16.6. The van der Waals surface area contributed by atoms with E-state index in [0.717, 1.165) is 154 Å². The number of hydrogen-bond acceptors (Lipinski definition) is 14. The van der Waals surface area contributed by atoms with Gasteiger partial charge in [0.2, 0.25) is 0 Å². The van der Waals surface area contributed by atoms with Gasteiger partial charge in [-0.15, -0.1) is 0 Å². The molecule has 7 saturated heterocycles. The molecule has 7 aliphatic heterocycles. The molecule has 14 nitrogen and oxygen atoms in total. The molecule has 21 aliphatic rings. The Balaban J connectivity index is 0.0000000904. The van der Waals surface area contributed by atoms with Crippen molar-refractivity contribution in [2.45, 2.75) is 312 Å². The van der Waals surface area contributed by atoms with E-state index in [2.05, 4.69) is 20.8 Å². The number of carbonyl (C=O) groups is 1. The minimum Gasteiger partial charge on any atom is -0.465 e. The lowest BCUT2D eigenvalue weighted by Crippen LogP contribution is -2.36. The molecule has 0 bridgehead atoms. The Morgan fingerprint density at radius 3 is 1.41 bits per heavy atom. The zero-order chi connectivity index (χ0) is 64.0. The molecule has 0 aromatic carbocycles. The number of hydrogen-bond donors (Lipinski definition) is 0. The molecule has 21 rings (SSSR count). The zero-order valence-corrected chi connectivity index (χ0v) is 59.4. The Bertz CT molecular complexity index is 2310. The van der Waals surface area contributed by atoms with E-state index in [-0.39, 0.29) is 18.0 Å². The van der Waals surface area contributed by atoms with Crippen LogP contribution in [0, 0.1) is 112 Å². The van der Waals surface area contributed by atoms with Crippen LogP contribution in [0.2, 0.25) is 0 Å². The van der Waals surface area contributed by atoms with Crippen molar-refractivity contribution in [2.24, 2.45) is 112 Å². The van der Waals surface area contributed by atoms with Gasteiger partial charge in [0.15, 0.2) is 0 Å². The molecule has 26 unspecified atom stereocenters. The standard InChI is InChI=1S/C16H26O.C15H22O3.C15H26O3.C13H20O.C12H20O5.C10H16O/c1-16(2,12-4-3-10-7-11(10)8-12)13-5-6-14-15(9-13)17-14;16-15(11-3-4-13-14(7-11)18-13)17-8-9-1-2-10-6-12(10)5-9;1-2-12(1)7-16-8-13-3-5-14(6-4-13)9-17-10-15-11-18-15;1-2-9-6-11(9)5-8(1)10-3-4-12-13(7-10)14-12;1-2-9(1)14-5-10(16-7-12-8-17-12)3-13-4-11-6-15-11;1-6-4-9-10(11-9)5-8(6)7-2-3-7/h10-15H,3-9H2,1-2H3;9-14H,1-8H2;12-15H,1-11H2;8-13H,1-7H2;9-12H,1-8H2;6-10H,2-5H2,1H3. The van der Waals surface area contributed by atoms with Crippen LogP contribution in [-0.2, 0) is 66.4 Å². The molecule has 26 atom stereocenters. The van der Waals surface area contributed by atoms with Crippen molar-refractivity contribution in [1.29, 1.82) is 0 Å². The number of ether oxygens (including phenoxy) is 13. The van der Waals surface area contributed by atoms with Crippen molar-refractivity contribution in [3.8, 4) is 0 Å². The number of epoxide rings is 7. The fourth-order valence-corrected chi connectivity index (χ4v) is 20.3. The molecule has 0 spiro atoms. The predicted octanol–water partition coefficient (Wildman–Crippen LogP) is 14.7. The molecule has 0 N–H and O–H groups in total. The molecule has 0 aromatic heterocycles. The summed E-state index contributed by atoms with van der Waals surface area (Å²) in [4.78, 5) is 12.0. The molecule has 14 aliphatic carbocycles. The summed E-state index contributed by atoms with van der Waals surface area (Å²) >= 11 is 0. The first-order chi connectivity index (χ1) is 46.5. The van der Waals surface area contributed by atoms with Gasteiger partial charge in [0.05, 0.1) is 120 Å². The zero-order valence-electron chi connectivity index (χ0n) is 59.4. The van der Waals surface area contributed by atoms with E-state index in [0.29, 0.717) is 118 Å². The molecular weight excluding hydrogens is 1200 g/mol. The average molecular weight is 1330 g/mol. The lowest BCUT2D eigenvalue weighted by Gasteiger charge is -2.44. The van der Waals surface area contributed by atoms with Gasteiger partial charge >= 0.3 is 5.97 Å². The highest BCUT2D eigenvalue weighted by molar-refractivity contribution is 5.72. The van der Waals surface area contributed by atoms with Crippen molar-refractivity contribution < 1.29 is 66.4 Å². The molecule has 538 valence electrons. The summed E-state index contributed by atoms with van der Waals surface area (Å²) in [5, 5.41) is 0. The van der Waals surface area contributed by atoms with Crippen molar-refractivity contribution in [3.05, 3.63) is 0 Å². The Hall–Kier alpha value is -1.01. The number of fused-ring (bicyclic) bond motifs is 7. The maximum atomic E-state index is 12.0. The van der Waals surface area contributed by atoms with E-state index < -0.39 is 0 Å². The van der Waals surface area contributed by atoms with Crippen LogP contribution in [0.3, 0.4) is 0 Å². The second kappa shape index (κ2) is 31.1. The second-order valence-electron chi connectivity index (χ2n) is 36.7. The monoisotopic (exact) mass is 1330 g/mol. The molecule has 0 aromatic rings. The van der Waals surface area contributed by atoms with E-state index in [9.17, 15) is 4.79 Å². The summed E-state index contributed by atoms with van der Waals surface area (Å²) in [6.07, 6.45) is 51.8. The van der Waals surface area contributed by atoms with Gasteiger partial charge in [-0.05, 0) is 318 Å². The van der Waals surface area contributed by atoms with Gasteiger partial charge in [-0.25, -0.2) is 0 Å². The highest BCUT2D eigenvalue weighted by Crippen LogP contribution is 2.60. The van der Waals surface area contributed by atoms with Crippen LogP contribution < -0.4 is 0 Å². The molecular formula is C81H130O14. The van der Waals surface area contributed by atoms with Gasteiger partial charge in [-0.1, -0.05) is 20.8 Å². The van der Waals surface area contributed by atoms with Crippen molar-refractivity contribution in [1.82, 2.24) is 0 Å². The molecule has 7 heterocycles. The van der Waals surface area contributed by atoms with Gasteiger partial charge in [0.25, 0.3) is 0 Å². The molecule has 21 fully saturated rings. The van der Waals surface area contributed by atoms with Crippen LogP contribution in [0.15, 0.2) is 0 Å². The maximum Gasteiger partial charge on any atom is 0.309 e. The van der Waals surface area contributed by atoms with E-state index in [1.807, 2.05) is 0 Å². The average Bonchev–Trinajstić information content (AvgIpc) is 1.64. The molecule has 0 amide bonds. The third-order valence-corrected chi connectivity index (χ3v) is 28.6. The predicted molar refractivity (Wildman–Crippen MR) is 361 cm³/mol. The smallest absolute Gasteiger partial charge is 0.309 e. The Labute approximate surface area is 572 Å². The molecule has 95 heavy (non-hydrogen) atoms. The van der Waals surface area contributed by atoms with Crippen molar-refractivity contribution >= 4 is 5.97 Å². The third kappa shape index (κ3) is 20.9. The minimum absolute atomic E-state index is 0.0264. The van der Waals surface area contributed by atoms with E-state index in [1.54, 1.807) is 38.5 Å². The topological polar surface area (TPSA) is 160 Å². The van der Waals surface area contributed by atoms with Crippen LogP contribution in [0.1, 0.15) is 233 Å². The van der Waals surface area contributed by atoms with Crippen LogP contribution >= 0.6 is 0 Å². The first-order valence-corrected chi connectivity index (χ1v) is 41.1. The summed E-state index contributed by atoms with van der Waals surface area (Å²) in [6, 6.07) is 0. The van der Waals surface area contributed by atoms with E-state index in [4.69, 9.17) is 61.6 Å². The van der Waals surface area contributed by atoms with Gasteiger partial charge in [0, 0.05) is 19.8 Å². The molecule has 14 saturated carbocycles. The summed E-state index contributed by atoms with van der Waals surface area (Å²) in [6.45, 7) is 17.1. The molecule has 0 radical (unpaired) electrons. The number of esters is 1. The Morgan fingerprint density at radius 2 is 0.832 bits per heavy atom. The van der Waals surface area contributed by atoms with Crippen LogP contribution in [-0.4, -0.2) is 165 Å². The Kier molecular flexibility index (Phi) is 22.4. The van der Waals surface area contributed by atoms with Crippen molar-refractivity contribution in [2.75, 3.05) is 79.3 Å². The quantitative estimate of drug-likeness (QED) is 0.0627. The van der Waals surface area contributed by atoms with E-state index >= 15 is 0 Å². The number of carbonyl (C=O) groups excluding carboxylic acids is 1. The maximum absolute atomic E-state index is 12.0. The van der Waals surface area contributed by atoms with Gasteiger partial charge < -0.3 is 61.6 Å². The summed E-state index contributed by atoms with van der Waals surface area (Å²) in [5.41, 5.74) is 0.574. The second-order valence-corrected chi connectivity index (χ2v) is 36.7. The van der Waals surface area contributed by atoms with Crippen LogP contribution in [0.5, 0.6) is 0 Å². The number of rotatable bonds is 25. The fraction of sp³-hybridized carbons (Fsp3) is 0.988. The minimum atomic E-state index is 0.0264. The lowest BCUT2D eigenvalue weighted by atomic mass is 9.61. The van der Waals surface area contributed by atoms with Crippen LogP contribution in [0.4, 0.5) is 0 Å². The van der Waals surface area contributed by atoms with E-state index in [1.165, 1.54) is 160 Å². The first kappa shape index (κ1) is 68.4. The van der Waals surface area contributed by atoms with Gasteiger partial charge in [0.1, 0.15) is 24.4 Å². The third-order valence-electron chi connectivity index (χ3n) is 28.6. The largest absolute Gasteiger partial charge is 0.465 e. The SMILES string of the molecule is C1CC(C2CCC3OC3C2)CC2CC12.C1CC1COCC1CCC(COCC2CO2)CC1.C1CC1OCC(COCC1CO1)OCC1CO1.CC(C)(C1CCC2CC2C1)C1CCC2OC2C1.CC1CC2OC2CC1C1CC1.O=C(OCC1CCC2CC2C1)C1CCC2OC2C1. The summed E-state index contributed by atoms with van der Waals surface area (Å²) in [5.74, 6) is 17.0.